The quantitative estimate of drug-likeness (QED) is 0.0547. The van der Waals surface area contributed by atoms with Gasteiger partial charge in [-0.1, -0.05) is 101 Å². The van der Waals surface area contributed by atoms with E-state index < -0.39 is 21.6 Å². The van der Waals surface area contributed by atoms with Crippen molar-refractivity contribution < 1.29 is 28.9 Å². The Morgan fingerprint density at radius 3 is 1.49 bits per heavy atom. The summed E-state index contributed by atoms with van der Waals surface area (Å²) in [6.07, 6.45) is 19.3. The minimum absolute atomic E-state index is 0.120. The first-order valence-corrected chi connectivity index (χ1v) is 25.5. The molecule has 2 aliphatic carbocycles. The van der Waals surface area contributed by atoms with Gasteiger partial charge in [0.1, 0.15) is 10.5 Å². The fraction of sp³-hybridized carbons (Fsp3) is 0.462. The zero-order valence-electron chi connectivity index (χ0n) is 42.0. The highest BCUT2D eigenvalue weighted by molar-refractivity contribution is 8.01. The molecule has 0 N–H and O–H groups in total. The Labute approximate surface area is 428 Å². The molecule has 0 radical (unpaired) electrons. The topological polar surface area (TPSA) is 233 Å². The highest BCUT2D eigenvalue weighted by atomic mass is 32.2. The van der Waals surface area contributed by atoms with Crippen LogP contribution in [-0.4, -0.2) is 123 Å². The lowest BCUT2D eigenvalue weighted by Gasteiger charge is -2.39. The number of ether oxygens (including phenoxy) is 2. The number of aromatic nitrogens is 8. The second kappa shape index (κ2) is 22.8. The van der Waals surface area contributed by atoms with Gasteiger partial charge in [-0.05, 0) is 82.4 Å². The number of methoxy groups -OCH3 is 2. The van der Waals surface area contributed by atoms with E-state index in [1.54, 1.807) is 96.9 Å². The molecule has 0 spiro atoms. The number of hydrogen-bond acceptors (Lipinski definition) is 15. The van der Waals surface area contributed by atoms with Crippen LogP contribution in [0.5, 0.6) is 0 Å². The highest BCUT2D eigenvalue weighted by Crippen LogP contribution is 2.51. The second-order valence-electron chi connectivity index (χ2n) is 19.4. The van der Waals surface area contributed by atoms with Crippen LogP contribution in [0.2, 0.25) is 0 Å². The van der Waals surface area contributed by atoms with E-state index in [0.717, 1.165) is 48.6 Å². The van der Waals surface area contributed by atoms with Crippen molar-refractivity contribution in [1.82, 2.24) is 50.2 Å². The molecule has 0 bridgehead atoms. The molecule has 8 rings (SSSR count). The van der Waals surface area contributed by atoms with Crippen molar-refractivity contribution in [2.45, 2.75) is 112 Å². The van der Waals surface area contributed by atoms with E-state index in [2.05, 4.69) is 30.8 Å². The largest absolute Gasteiger partial charge is 0.361 e. The summed E-state index contributed by atoms with van der Waals surface area (Å²) < 4.78 is 10.2. The van der Waals surface area contributed by atoms with Crippen molar-refractivity contribution >= 4 is 23.6 Å². The van der Waals surface area contributed by atoms with Crippen LogP contribution in [0.3, 0.4) is 0 Å². The molecule has 384 valence electrons. The van der Waals surface area contributed by atoms with Crippen molar-refractivity contribution in [3.05, 3.63) is 175 Å². The van der Waals surface area contributed by atoms with Crippen LogP contribution < -0.4 is 0 Å². The molecule has 6 atom stereocenters. The fourth-order valence-electron chi connectivity index (χ4n) is 10.3. The first-order valence-electron chi connectivity index (χ1n) is 24.6. The summed E-state index contributed by atoms with van der Waals surface area (Å²) in [6, 6.07) is 14.5. The lowest BCUT2D eigenvalue weighted by molar-refractivity contribution is -0.563. The molecule has 2 fully saturated rings. The van der Waals surface area contributed by atoms with Crippen molar-refractivity contribution in [3.63, 3.8) is 0 Å². The molecule has 20 nitrogen and oxygen atoms in total. The smallest absolute Gasteiger partial charge is 0.281 e. The van der Waals surface area contributed by atoms with Gasteiger partial charge in [0.2, 0.25) is 11.8 Å². The minimum Gasteiger partial charge on any atom is -0.361 e. The molecule has 21 heteroatoms. The molecule has 2 amide bonds. The SMILES string of the molecule is COCn1nnc(C2CCCN(C(=O)/C=C/C3=CC(c4ccccc4C(C)C)([N+](=O)[O-])C(SC4C=CC(/C=C/C(=O)N5CCCC(c6nnn(COC)n6)C5)=CC4(c4ccccc4C(C)C)[N+](=O)[O-])C=C3)C2)n1. The molecule has 6 unspecified atom stereocenters. The molecule has 2 saturated heterocycles. The number of carbonyl (C=O) groups is 2. The lowest BCUT2D eigenvalue weighted by Crippen LogP contribution is -2.50. The van der Waals surface area contributed by atoms with E-state index in [-0.39, 0.29) is 58.8 Å². The van der Waals surface area contributed by atoms with Gasteiger partial charge < -0.3 is 19.3 Å². The van der Waals surface area contributed by atoms with Gasteiger partial charge in [-0.2, -0.15) is 0 Å². The number of likely N-dealkylation sites (tertiary alicyclic amines) is 2. The maximum atomic E-state index is 14.2. The third-order valence-electron chi connectivity index (χ3n) is 14.0. The number of piperidine rings is 2. The van der Waals surface area contributed by atoms with Crippen LogP contribution in [0.1, 0.15) is 111 Å². The van der Waals surface area contributed by atoms with Crippen molar-refractivity contribution in [1.29, 1.82) is 0 Å². The summed E-state index contributed by atoms with van der Waals surface area (Å²) in [6.45, 7) is 10.0. The summed E-state index contributed by atoms with van der Waals surface area (Å²) in [5.41, 5.74) is -0.606. The second-order valence-corrected chi connectivity index (χ2v) is 20.7. The predicted molar refractivity (Wildman–Crippen MR) is 273 cm³/mol. The Balaban J connectivity index is 1.13. The molecule has 2 aliphatic heterocycles. The monoisotopic (exact) mass is 1010 g/mol. The standard InChI is InChI=1S/C52H62N12O8S/c1-35(2)41-15-7-9-17-43(41)51(63(67)68)29-37(21-25-47(65)59-27-11-13-39(31-59)49-53-57-61(55-49)33-71-5)19-23-45(51)73-46-24-20-38(30-52(46,64(69)70)44-18-10-8-16-42(44)36(3)4)22-26-48(66)60-28-12-14-40(32-60)50-54-58-62(56-50)34-72-6/h7-10,15-26,29-30,35-36,39-40,45-46H,11-14,27-28,31-34H2,1-6H3/b25-21+,26-22+. The highest BCUT2D eigenvalue weighted by Gasteiger charge is 2.58. The van der Waals surface area contributed by atoms with Gasteiger partial charge in [0.25, 0.3) is 11.1 Å². The first kappa shape index (κ1) is 52.4. The Morgan fingerprint density at radius 2 is 1.11 bits per heavy atom. The maximum absolute atomic E-state index is 14.2. The molecule has 73 heavy (non-hydrogen) atoms. The molecular formula is C52H62N12O8S. The Kier molecular flexibility index (Phi) is 16.4. The van der Waals surface area contributed by atoms with Gasteiger partial charge >= 0.3 is 0 Å². The Bertz CT molecular complexity index is 2680. The van der Waals surface area contributed by atoms with E-state index >= 15 is 0 Å². The minimum atomic E-state index is -1.94. The van der Waals surface area contributed by atoms with Crippen LogP contribution in [0.25, 0.3) is 0 Å². The number of hydrogen-bond donors (Lipinski definition) is 0. The van der Waals surface area contributed by atoms with E-state index in [0.29, 0.717) is 60.1 Å². The van der Waals surface area contributed by atoms with Crippen LogP contribution in [-0.2, 0) is 43.6 Å². The number of carbonyl (C=O) groups excluding carboxylic acids is 2. The zero-order valence-corrected chi connectivity index (χ0v) is 42.8. The summed E-state index contributed by atoms with van der Waals surface area (Å²) in [5.74, 6) is 0.0488. The molecule has 0 saturated carbocycles. The molecule has 4 aromatic rings. The van der Waals surface area contributed by atoms with Gasteiger partial charge in [-0.3, -0.25) is 29.8 Å². The maximum Gasteiger partial charge on any atom is 0.281 e. The van der Waals surface area contributed by atoms with Crippen molar-refractivity contribution in [2.24, 2.45) is 0 Å². The molecule has 2 aromatic heterocycles. The number of amides is 2. The summed E-state index contributed by atoms with van der Waals surface area (Å²) >= 11 is 1.15. The van der Waals surface area contributed by atoms with E-state index in [4.69, 9.17) is 9.47 Å². The number of rotatable bonds is 18. The lowest BCUT2D eigenvalue weighted by atomic mass is 9.77. The fourth-order valence-corrected chi connectivity index (χ4v) is 12.0. The van der Waals surface area contributed by atoms with Crippen molar-refractivity contribution in [2.75, 3.05) is 40.4 Å². The number of nitro groups is 2. The number of nitrogens with zero attached hydrogens (tertiary/aromatic N) is 12. The van der Waals surface area contributed by atoms with E-state index in [1.807, 2.05) is 52.0 Å². The van der Waals surface area contributed by atoms with Gasteiger partial charge in [-0.25, -0.2) is 0 Å². The van der Waals surface area contributed by atoms with Crippen LogP contribution >= 0.6 is 11.8 Å². The number of benzene rings is 2. The summed E-state index contributed by atoms with van der Waals surface area (Å²) in [7, 11) is 3.08. The van der Waals surface area contributed by atoms with Gasteiger partial charge in [0.15, 0.2) is 25.1 Å². The van der Waals surface area contributed by atoms with Gasteiger partial charge in [-0.15, -0.1) is 41.7 Å². The van der Waals surface area contributed by atoms with Crippen molar-refractivity contribution in [3.8, 4) is 0 Å². The first-order chi connectivity index (χ1) is 35.2. The predicted octanol–water partition coefficient (Wildman–Crippen LogP) is 7.15. The van der Waals surface area contributed by atoms with Crippen LogP contribution in [0.15, 0.2) is 120 Å². The normalized spacial score (nSPS) is 24.4. The third-order valence-corrected chi connectivity index (χ3v) is 15.6. The van der Waals surface area contributed by atoms with E-state index in [9.17, 15) is 29.8 Å². The Hall–Kier alpha value is -6.97. The van der Waals surface area contributed by atoms with E-state index in [1.165, 1.54) is 21.7 Å². The average molecular weight is 1020 g/mol. The molecule has 4 aliphatic rings. The Morgan fingerprint density at radius 1 is 0.699 bits per heavy atom. The zero-order chi connectivity index (χ0) is 51.9. The number of thioether (sulfide) groups is 1. The summed E-state index contributed by atoms with van der Waals surface area (Å²) in [4.78, 5) is 61.6. The molecule has 4 heterocycles. The van der Waals surface area contributed by atoms with Crippen LogP contribution in [0.4, 0.5) is 0 Å². The summed E-state index contributed by atoms with van der Waals surface area (Å²) in [5, 5.41) is 51.7. The molecular weight excluding hydrogens is 953 g/mol. The number of tetrazole rings is 2. The molecule has 2 aromatic carbocycles. The average Bonchev–Trinajstić information content (AvgIpc) is 4.08. The number of allylic oxidation sites excluding steroid dienone is 6. The van der Waals surface area contributed by atoms with Crippen LogP contribution in [0, 0.1) is 20.2 Å². The van der Waals surface area contributed by atoms with Gasteiger partial charge in [0, 0.05) is 97.5 Å². The third kappa shape index (κ3) is 11.0. The van der Waals surface area contributed by atoms with Gasteiger partial charge in [0.05, 0.1) is 0 Å².